The highest BCUT2D eigenvalue weighted by Gasteiger charge is 2.30. The summed E-state index contributed by atoms with van der Waals surface area (Å²) < 4.78 is 0.514. The van der Waals surface area contributed by atoms with Gasteiger partial charge in [0.25, 0.3) is 0 Å². The Kier molecular flexibility index (Phi) is 2.97. The summed E-state index contributed by atoms with van der Waals surface area (Å²) >= 11 is 3.16. The van der Waals surface area contributed by atoms with Crippen LogP contribution >= 0.6 is 15.9 Å². The number of halogens is 1. The lowest BCUT2D eigenvalue weighted by Gasteiger charge is -2.14. The number of carbonyl (C=O) groups is 3. The average molecular weight is 298 g/mol. The molecule has 2 rings (SSSR count). The molecule has 0 aliphatic carbocycles. The van der Waals surface area contributed by atoms with Crippen LogP contribution < -0.4 is 4.90 Å². The Morgan fingerprint density at radius 1 is 1.18 bits per heavy atom. The highest BCUT2D eigenvalue weighted by Crippen LogP contribution is 2.27. The third-order valence-corrected chi connectivity index (χ3v) is 2.90. The standard InChI is InChI=1S/C11H8BrNO4/c12-7-3-6(11(16)17)4-8(5-7)13-9(14)1-2-10(13)15/h3-5H,1-2H2,(H,16,17). The van der Waals surface area contributed by atoms with Crippen LogP contribution in [0.1, 0.15) is 23.2 Å². The second-order valence-corrected chi connectivity index (χ2v) is 4.54. The number of hydrogen-bond donors (Lipinski definition) is 1. The van der Waals surface area contributed by atoms with Crippen molar-refractivity contribution in [1.82, 2.24) is 0 Å². The van der Waals surface area contributed by atoms with Gasteiger partial charge in [0.1, 0.15) is 0 Å². The van der Waals surface area contributed by atoms with Gasteiger partial charge in [-0.2, -0.15) is 0 Å². The quantitative estimate of drug-likeness (QED) is 0.845. The zero-order valence-electron chi connectivity index (χ0n) is 8.64. The van der Waals surface area contributed by atoms with Crippen molar-refractivity contribution in [3.63, 3.8) is 0 Å². The van der Waals surface area contributed by atoms with Crippen molar-refractivity contribution in [2.45, 2.75) is 12.8 Å². The van der Waals surface area contributed by atoms with Gasteiger partial charge in [0.2, 0.25) is 11.8 Å². The molecule has 2 amide bonds. The first-order valence-corrected chi connectivity index (χ1v) is 5.68. The monoisotopic (exact) mass is 297 g/mol. The van der Waals surface area contributed by atoms with E-state index in [0.29, 0.717) is 10.2 Å². The van der Waals surface area contributed by atoms with Crippen LogP contribution in [0.2, 0.25) is 0 Å². The smallest absolute Gasteiger partial charge is 0.335 e. The molecule has 17 heavy (non-hydrogen) atoms. The van der Waals surface area contributed by atoms with Gasteiger partial charge in [-0.05, 0) is 18.2 Å². The van der Waals surface area contributed by atoms with Crippen molar-refractivity contribution in [3.05, 3.63) is 28.2 Å². The summed E-state index contributed by atoms with van der Waals surface area (Å²) in [6.07, 6.45) is 0.349. The van der Waals surface area contributed by atoms with Crippen molar-refractivity contribution >= 4 is 39.4 Å². The van der Waals surface area contributed by atoms with E-state index in [1.165, 1.54) is 12.1 Å². The number of hydrogen-bond acceptors (Lipinski definition) is 3. The molecule has 0 spiro atoms. The van der Waals surface area contributed by atoms with Crippen LogP contribution in [0.15, 0.2) is 22.7 Å². The summed E-state index contributed by atoms with van der Waals surface area (Å²) in [5.74, 6) is -1.71. The molecule has 1 N–H and O–H groups in total. The summed E-state index contributed by atoms with van der Waals surface area (Å²) in [5.41, 5.74) is 0.325. The minimum absolute atomic E-state index is 0.0295. The number of amides is 2. The first-order valence-electron chi connectivity index (χ1n) is 4.88. The van der Waals surface area contributed by atoms with Crippen LogP contribution in [0.4, 0.5) is 5.69 Å². The van der Waals surface area contributed by atoms with Crippen molar-refractivity contribution in [3.8, 4) is 0 Å². The lowest BCUT2D eigenvalue weighted by Crippen LogP contribution is -2.28. The fourth-order valence-corrected chi connectivity index (χ4v) is 2.17. The normalized spacial score (nSPS) is 15.5. The lowest BCUT2D eigenvalue weighted by atomic mass is 10.2. The largest absolute Gasteiger partial charge is 0.478 e. The van der Waals surface area contributed by atoms with Crippen molar-refractivity contribution in [1.29, 1.82) is 0 Å². The van der Waals surface area contributed by atoms with E-state index in [9.17, 15) is 14.4 Å². The topological polar surface area (TPSA) is 74.7 Å². The maximum atomic E-state index is 11.5. The summed E-state index contributed by atoms with van der Waals surface area (Å²) in [6, 6.07) is 4.28. The Hall–Kier alpha value is -1.69. The molecule has 0 saturated carbocycles. The van der Waals surface area contributed by atoms with Gasteiger partial charge >= 0.3 is 5.97 Å². The van der Waals surface area contributed by atoms with Crippen molar-refractivity contribution in [2.75, 3.05) is 4.90 Å². The van der Waals surface area contributed by atoms with Gasteiger partial charge in [0, 0.05) is 17.3 Å². The molecule has 1 aliphatic rings. The Balaban J connectivity index is 2.48. The summed E-state index contributed by atoms with van der Waals surface area (Å²) in [6.45, 7) is 0. The number of rotatable bonds is 2. The molecule has 0 aromatic heterocycles. The average Bonchev–Trinajstić information content (AvgIpc) is 2.57. The number of anilines is 1. The first-order chi connectivity index (χ1) is 7.99. The first kappa shape index (κ1) is 11.8. The van der Waals surface area contributed by atoms with Crippen molar-refractivity contribution < 1.29 is 19.5 Å². The van der Waals surface area contributed by atoms with Crippen LogP contribution in [0.25, 0.3) is 0 Å². The van der Waals surface area contributed by atoms with E-state index in [1.807, 2.05) is 0 Å². The van der Waals surface area contributed by atoms with Crippen LogP contribution in [-0.2, 0) is 9.59 Å². The Labute approximate surface area is 105 Å². The molecule has 1 fully saturated rings. The van der Waals surface area contributed by atoms with Gasteiger partial charge < -0.3 is 5.11 Å². The number of nitrogens with zero attached hydrogens (tertiary/aromatic N) is 1. The maximum Gasteiger partial charge on any atom is 0.335 e. The molecule has 0 radical (unpaired) electrons. The van der Waals surface area contributed by atoms with E-state index in [4.69, 9.17) is 5.11 Å². The molecule has 6 heteroatoms. The number of carbonyl (C=O) groups excluding carboxylic acids is 2. The van der Waals surface area contributed by atoms with E-state index >= 15 is 0 Å². The minimum Gasteiger partial charge on any atom is -0.478 e. The van der Waals surface area contributed by atoms with Crippen LogP contribution in [-0.4, -0.2) is 22.9 Å². The number of aromatic carboxylic acids is 1. The minimum atomic E-state index is -1.10. The Morgan fingerprint density at radius 2 is 1.76 bits per heavy atom. The van der Waals surface area contributed by atoms with E-state index < -0.39 is 5.97 Å². The molecule has 1 heterocycles. The fraction of sp³-hybridized carbons (Fsp3) is 0.182. The number of carboxylic acids is 1. The maximum absolute atomic E-state index is 11.5. The second-order valence-electron chi connectivity index (χ2n) is 3.63. The molecular formula is C11H8BrNO4. The number of carboxylic acid groups (broad SMARTS) is 1. The molecule has 0 bridgehead atoms. The van der Waals surface area contributed by atoms with E-state index in [2.05, 4.69) is 15.9 Å². The zero-order valence-corrected chi connectivity index (χ0v) is 10.2. The predicted octanol–water partition coefficient (Wildman–Crippen LogP) is 1.80. The van der Waals surface area contributed by atoms with E-state index in [-0.39, 0.29) is 30.2 Å². The Bertz CT molecular complexity index is 510. The van der Waals surface area contributed by atoms with Gasteiger partial charge in [-0.1, -0.05) is 15.9 Å². The van der Waals surface area contributed by atoms with Gasteiger partial charge in [0.05, 0.1) is 11.3 Å². The molecule has 1 aromatic rings. The van der Waals surface area contributed by atoms with Gasteiger partial charge in [-0.15, -0.1) is 0 Å². The molecule has 1 aliphatic heterocycles. The SMILES string of the molecule is O=C(O)c1cc(Br)cc(N2C(=O)CCC2=O)c1. The predicted molar refractivity (Wildman–Crippen MR) is 62.8 cm³/mol. The molecule has 1 aromatic carbocycles. The molecular weight excluding hydrogens is 290 g/mol. The highest BCUT2D eigenvalue weighted by molar-refractivity contribution is 9.10. The zero-order chi connectivity index (χ0) is 12.6. The summed E-state index contributed by atoms with van der Waals surface area (Å²) in [7, 11) is 0. The third kappa shape index (κ3) is 2.21. The van der Waals surface area contributed by atoms with E-state index in [0.717, 1.165) is 4.90 Å². The molecule has 5 nitrogen and oxygen atoms in total. The van der Waals surface area contributed by atoms with Gasteiger partial charge in [-0.25, -0.2) is 4.79 Å². The number of imide groups is 1. The fourth-order valence-electron chi connectivity index (χ4n) is 1.69. The van der Waals surface area contributed by atoms with Gasteiger partial charge in [0.15, 0.2) is 0 Å². The summed E-state index contributed by atoms with van der Waals surface area (Å²) in [5, 5.41) is 8.90. The lowest BCUT2D eigenvalue weighted by molar-refractivity contribution is -0.121. The van der Waals surface area contributed by atoms with Crippen LogP contribution in [0.5, 0.6) is 0 Å². The Morgan fingerprint density at radius 3 is 2.29 bits per heavy atom. The second kappa shape index (κ2) is 4.29. The van der Waals surface area contributed by atoms with Gasteiger partial charge in [-0.3, -0.25) is 14.5 Å². The number of benzene rings is 1. The van der Waals surface area contributed by atoms with E-state index in [1.54, 1.807) is 6.07 Å². The van der Waals surface area contributed by atoms with Crippen LogP contribution in [0, 0.1) is 0 Å². The summed E-state index contributed by atoms with van der Waals surface area (Å²) in [4.78, 5) is 34.9. The van der Waals surface area contributed by atoms with Crippen LogP contribution in [0.3, 0.4) is 0 Å². The third-order valence-electron chi connectivity index (χ3n) is 2.44. The highest BCUT2D eigenvalue weighted by atomic mass is 79.9. The molecule has 0 atom stereocenters. The van der Waals surface area contributed by atoms with Crippen molar-refractivity contribution in [2.24, 2.45) is 0 Å². The molecule has 1 saturated heterocycles. The molecule has 88 valence electrons. The molecule has 0 unspecified atom stereocenters.